The number of benzene rings is 1. The van der Waals surface area contributed by atoms with E-state index >= 15 is 0 Å². The molecule has 0 saturated heterocycles. The molecule has 18 heavy (non-hydrogen) atoms. The van der Waals surface area contributed by atoms with Crippen molar-refractivity contribution in [2.75, 3.05) is 0 Å². The minimum Gasteiger partial charge on any atom is -0.386 e. The second kappa shape index (κ2) is 3.79. The second-order valence-corrected chi connectivity index (χ2v) is 5.80. The summed E-state index contributed by atoms with van der Waals surface area (Å²) in [4.78, 5) is 4.82. The molecule has 1 N–H and O–H groups in total. The third kappa shape index (κ3) is 1.64. The molecule has 2 aromatic rings. The van der Waals surface area contributed by atoms with Crippen LogP contribution < -0.4 is 0 Å². The van der Waals surface area contributed by atoms with E-state index in [-0.39, 0.29) is 0 Å². The molecule has 2 heteroatoms. The summed E-state index contributed by atoms with van der Waals surface area (Å²) in [7, 11) is 0. The highest BCUT2D eigenvalue weighted by atomic mass is 16.3. The van der Waals surface area contributed by atoms with Gasteiger partial charge in [-0.15, -0.1) is 0 Å². The number of hydrogen-bond acceptors (Lipinski definition) is 2. The molecule has 94 valence electrons. The van der Waals surface area contributed by atoms with Gasteiger partial charge in [0, 0.05) is 11.1 Å². The van der Waals surface area contributed by atoms with Gasteiger partial charge < -0.3 is 5.11 Å². The van der Waals surface area contributed by atoms with E-state index in [2.05, 4.69) is 25.1 Å². The van der Waals surface area contributed by atoms with Crippen LogP contribution in [-0.2, 0) is 18.4 Å². The van der Waals surface area contributed by atoms with E-state index in [1.807, 2.05) is 13.8 Å². The zero-order valence-corrected chi connectivity index (χ0v) is 11.2. The van der Waals surface area contributed by atoms with Gasteiger partial charge in [-0.05, 0) is 56.7 Å². The fraction of sp³-hybridized carbons (Fsp3) is 0.438. The molecule has 0 unspecified atom stereocenters. The standard InChI is InChI=1S/C16H19NO/c1-10-6-4-8-12-14(16(2,3)18)11-7-5-9-13(11)17-15(10)12/h4,6,8,18H,5,7,9H2,1-3H3. The quantitative estimate of drug-likeness (QED) is 0.831. The van der Waals surface area contributed by atoms with Crippen molar-refractivity contribution in [2.24, 2.45) is 0 Å². The predicted octanol–water partition coefficient (Wildman–Crippen LogP) is 3.26. The van der Waals surface area contributed by atoms with Crippen molar-refractivity contribution in [3.63, 3.8) is 0 Å². The number of rotatable bonds is 1. The molecule has 3 rings (SSSR count). The topological polar surface area (TPSA) is 33.1 Å². The fourth-order valence-corrected chi connectivity index (χ4v) is 3.13. The van der Waals surface area contributed by atoms with Crippen molar-refractivity contribution in [3.8, 4) is 0 Å². The molecule has 0 radical (unpaired) electrons. The van der Waals surface area contributed by atoms with Crippen LogP contribution >= 0.6 is 0 Å². The Morgan fingerprint density at radius 1 is 1.22 bits per heavy atom. The number of aromatic nitrogens is 1. The van der Waals surface area contributed by atoms with Gasteiger partial charge in [0.25, 0.3) is 0 Å². The number of pyridine rings is 1. The van der Waals surface area contributed by atoms with Crippen molar-refractivity contribution in [3.05, 3.63) is 40.6 Å². The van der Waals surface area contributed by atoms with Gasteiger partial charge in [0.1, 0.15) is 0 Å². The molecule has 0 atom stereocenters. The van der Waals surface area contributed by atoms with Gasteiger partial charge in [-0.1, -0.05) is 18.2 Å². The highest BCUT2D eigenvalue weighted by molar-refractivity contribution is 5.87. The maximum atomic E-state index is 10.5. The Kier molecular flexibility index (Phi) is 2.46. The lowest BCUT2D eigenvalue weighted by Gasteiger charge is -2.24. The molecule has 1 aromatic carbocycles. The van der Waals surface area contributed by atoms with E-state index in [0.717, 1.165) is 35.7 Å². The molecule has 0 fully saturated rings. The normalized spacial score (nSPS) is 15.1. The Morgan fingerprint density at radius 2 is 2.00 bits per heavy atom. The molecule has 0 aliphatic heterocycles. The molecule has 0 saturated carbocycles. The number of aryl methyl sites for hydroxylation is 2. The molecule has 0 spiro atoms. The molecule has 1 aliphatic carbocycles. The number of para-hydroxylation sites is 1. The van der Waals surface area contributed by atoms with Crippen LogP contribution in [-0.4, -0.2) is 10.1 Å². The van der Waals surface area contributed by atoms with Gasteiger partial charge in [0.2, 0.25) is 0 Å². The lowest BCUT2D eigenvalue weighted by molar-refractivity contribution is 0.0792. The van der Waals surface area contributed by atoms with E-state index in [1.54, 1.807) is 0 Å². The van der Waals surface area contributed by atoms with Crippen LogP contribution in [0.25, 0.3) is 10.9 Å². The lowest BCUT2D eigenvalue weighted by atomic mass is 9.88. The molecule has 1 aromatic heterocycles. The average molecular weight is 241 g/mol. The minimum absolute atomic E-state index is 0.802. The van der Waals surface area contributed by atoms with E-state index in [4.69, 9.17) is 4.98 Å². The Bertz CT molecular complexity index is 623. The van der Waals surface area contributed by atoms with E-state index in [0.29, 0.717) is 0 Å². The van der Waals surface area contributed by atoms with Crippen molar-refractivity contribution < 1.29 is 5.11 Å². The van der Waals surface area contributed by atoms with Crippen LogP contribution in [0.2, 0.25) is 0 Å². The van der Waals surface area contributed by atoms with E-state index in [1.165, 1.54) is 16.8 Å². The molecule has 0 amide bonds. The first-order chi connectivity index (χ1) is 8.48. The molecule has 2 nitrogen and oxygen atoms in total. The summed E-state index contributed by atoms with van der Waals surface area (Å²) >= 11 is 0. The van der Waals surface area contributed by atoms with E-state index in [9.17, 15) is 5.11 Å². The first-order valence-electron chi connectivity index (χ1n) is 6.62. The van der Waals surface area contributed by atoms with Gasteiger partial charge >= 0.3 is 0 Å². The number of hydrogen-bond donors (Lipinski definition) is 1. The second-order valence-electron chi connectivity index (χ2n) is 5.80. The lowest BCUT2D eigenvalue weighted by Crippen LogP contribution is -2.19. The third-order valence-electron chi connectivity index (χ3n) is 3.86. The molecular formula is C16H19NO. The Labute approximate surface area is 108 Å². The highest BCUT2D eigenvalue weighted by Gasteiger charge is 2.28. The number of fused-ring (bicyclic) bond motifs is 2. The number of nitrogens with zero attached hydrogens (tertiary/aromatic N) is 1. The first-order valence-corrected chi connectivity index (χ1v) is 6.62. The largest absolute Gasteiger partial charge is 0.386 e. The van der Waals surface area contributed by atoms with Crippen LogP contribution in [0.5, 0.6) is 0 Å². The van der Waals surface area contributed by atoms with Gasteiger partial charge in [-0.3, -0.25) is 4.98 Å². The predicted molar refractivity (Wildman–Crippen MR) is 73.7 cm³/mol. The van der Waals surface area contributed by atoms with Gasteiger partial charge in [0.15, 0.2) is 0 Å². The van der Waals surface area contributed by atoms with Crippen LogP contribution in [0.15, 0.2) is 18.2 Å². The van der Waals surface area contributed by atoms with Gasteiger partial charge in [-0.2, -0.15) is 0 Å². The van der Waals surface area contributed by atoms with Crippen molar-refractivity contribution in [1.29, 1.82) is 0 Å². The maximum Gasteiger partial charge on any atom is 0.0850 e. The Hall–Kier alpha value is -1.41. The summed E-state index contributed by atoms with van der Waals surface area (Å²) in [5.74, 6) is 0. The number of aliphatic hydroxyl groups is 1. The van der Waals surface area contributed by atoms with E-state index < -0.39 is 5.60 Å². The zero-order chi connectivity index (χ0) is 12.9. The summed E-state index contributed by atoms with van der Waals surface area (Å²) in [6, 6.07) is 6.22. The SMILES string of the molecule is Cc1cccc2c(C(C)(C)O)c3c(nc12)CCC3. The Balaban J connectivity index is 2.47. The summed E-state index contributed by atoms with van der Waals surface area (Å²) in [6.07, 6.45) is 3.25. The average Bonchev–Trinajstić information content (AvgIpc) is 2.72. The van der Waals surface area contributed by atoms with Crippen molar-refractivity contribution in [1.82, 2.24) is 4.98 Å². The molecular weight excluding hydrogens is 222 g/mol. The monoisotopic (exact) mass is 241 g/mol. The van der Waals surface area contributed by atoms with Crippen LogP contribution in [0.1, 0.15) is 42.7 Å². The highest BCUT2D eigenvalue weighted by Crippen LogP contribution is 2.37. The van der Waals surface area contributed by atoms with Crippen LogP contribution in [0.3, 0.4) is 0 Å². The Morgan fingerprint density at radius 3 is 2.72 bits per heavy atom. The first kappa shape index (κ1) is 11.7. The van der Waals surface area contributed by atoms with Gasteiger partial charge in [-0.25, -0.2) is 0 Å². The summed E-state index contributed by atoms with van der Waals surface area (Å²) in [6.45, 7) is 5.84. The maximum absolute atomic E-state index is 10.5. The summed E-state index contributed by atoms with van der Waals surface area (Å²) in [5.41, 5.74) is 4.99. The molecule has 1 aliphatic rings. The summed E-state index contributed by atoms with van der Waals surface area (Å²) < 4.78 is 0. The molecule has 1 heterocycles. The fourth-order valence-electron chi connectivity index (χ4n) is 3.13. The zero-order valence-electron chi connectivity index (χ0n) is 11.2. The van der Waals surface area contributed by atoms with Crippen molar-refractivity contribution in [2.45, 2.75) is 45.6 Å². The summed E-state index contributed by atoms with van der Waals surface area (Å²) in [5, 5.41) is 11.6. The smallest absolute Gasteiger partial charge is 0.0850 e. The van der Waals surface area contributed by atoms with Crippen LogP contribution in [0, 0.1) is 6.92 Å². The minimum atomic E-state index is -0.802. The van der Waals surface area contributed by atoms with Gasteiger partial charge in [0.05, 0.1) is 11.1 Å². The molecule has 0 bridgehead atoms. The third-order valence-corrected chi connectivity index (χ3v) is 3.86. The van der Waals surface area contributed by atoms with Crippen LogP contribution in [0.4, 0.5) is 0 Å². The van der Waals surface area contributed by atoms with Crippen molar-refractivity contribution >= 4 is 10.9 Å².